The van der Waals surface area contributed by atoms with Gasteiger partial charge in [0.2, 0.25) is 5.91 Å². The minimum atomic E-state index is 0.134. The highest BCUT2D eigenvalue weighted by atomic mass is 16.1. The lowest BCUT2D eigenvalue weighted by Crippen LogP contribution is -2.32. The van der Waals surface area contributed by atoms with E-state index < -0.39 is 0 Å². The second kappa shape index (κ2) is 14.9. The molecular weight excluding hydrogens is 246 g/mol. The van der Waals surface area contributed by atoms with Crippen molar-refractivity contribution in [3.05, 3.63) is 0 Å². The molecule has 1 amide bonds. The summed E-state index contributed by atoms with van der Waals surface area (Å²) in [7, 11) is 0. The van der Waals surface area contributed by atoms with Crippen molar-refractivity contribution in [3.8, 4) is 0 Å². The molecule has 0 saturated heterocycles. The molecule has 1 atom stereocenters. The minimum absolute atomic E-state index is 0.134. The summed E-state index contributed by atoms with van der Waals surface area (Å²) in [5.41, 5.74) is 0. The van der Waals surface area contributed by atoms with Crippen molar-refractivity contribution < 1.29 is 4.79 Å². The van der Waals surface area contributed by atoms with Crippen LogP contribution in [0.15, 0.2) is 0 Å². The third-order valence-electron chi connectivity index (χ3n) is 3.97. The molecule has 2 heteroatoms. The normalized spacial score (nSPS) is 12.3. The van der Waals surface area contributed by atoms with Crippen LogP contribution in [-0.4, -0.2) is 11.9 Å². The van der Waals surface area contributed by atoms with E-state index in [0.717, 1.165) is 6.42 Å². The van der Waals surface area contributed by atoms with Crippen molar-refractivity contribution in [2.75, 3.05) is 0 Å². The van der Waals surface area contributed by atoms with Gasteiger partial charge in [-0.15, -0.1) is 0 Å². The second-order valence-electron chi connectivity index (χ2n) is 6.16. The maximum absolute atomic E-state index is 11.3. The average molecular weight is 283 g/mol. The molecule has 0 fully saturated rings. The van der Waals surface area contributed by atoms with Gasteiger partial charge in [0.25, 0.3) is 0 Å². The highest BCUT2D eigenvalue weighted by molar-refractivity contribution is 5.73. The van der Waals surface area contributed by atoms with E-state index >= 15 is 0 Å². The van der Waals surface area contributed by atoms with Crippen molar-refractivity contribution in [3.63, 3.8) is 0 Å². The van der Waals surface area contributed by atoms with E-state index in [9.17, 15) is 4.79 Å². The molecule has 0 aliphatic heterocycles. The van der Waals surface area contributed by atoms with Gasteiger partial charge in [0.05, 0.1) is 0 Å². The molecule has 0 spiro atoms. The average Bonchev–Trinajstić information content (AvgIpc) is 2.41. The number of unbranched alkanes of at least 4 members (excludes halogenated alkanes) is 9. The summed E-state index contributed by atoms with van der Waals surface area (Å²) in [5.74, 6) is 0.134. The smallest absolute Gasteiger partial charge is 0.217 e. The van der Waals surface area contributed by atoms with Crippen molar-refractivity contribution in [2.24, 2.45) is 0 Å². The second-order valence-corrected chi connectivity index (χ2v) is 6.16. The first-order chi connectivity index (χ1) is 9.70. The summed E-state index contributed by atoms with van der Waals surface area (Å²) in [6.07, 6.45) is 16.9. The van der Waals surface area contributed by atoms with Gasteiger partial charge < -0.3 is 5.32 Å². The van der Waals surface area contributed by atoms with Crippen LogP contribution in [0.2, 0.25) is 0 Å². The third-order valence-corrected chi connectivity index (χ3v) is 3.97. The number of hydrogen-bond acceptors (Lipinski definition) is 1. The van der Waals surface area contributed by atoms with E-state index in [2.05, 4.69) is 19.2 Å². The first kappa shape index (κ1) is 19.5. The maximum Gasteiger partial charge on any atom is 0.217 e. The van der Waals surface area contributed by atoms with Crippen LogP contribution >= 0.6 is 0 Å². The largest absolute Gasteiger partial charge is 0.354 e. The fourth-order valence-electron chi connectivity index (χ4n) is 2.74. The molecule has 1 unspecified atom stereocenters. The van der Waals surface area contributed by atoms with Crippen molar-refractivity contribution in [2.45, 2.75) is 110 Å². The van der Waals surface area contributed by atoms with Crippen molar-refractivity contribution in [1.29, 1.82) is 0 Å². The van der Waals surface area contributed by atoms with Crippen LogP contribution in [0.5, 0.6) is 0 Å². The minimum Gasteiger partial charge on any atom is -0.354 e. The van der Waals surface area contributed by atoms with Crippen LogP contribution in [0.3, 0.4) is 0 Å². The van der Waals surface area contributed by atoms with Gasteiger partial charge in [0, 0.05) is 13.0 Å². The van der Waals surface area contributed by atoms with Crippen molar-refractivity contribution in [1.82, 2.24) is 5.32 Å². The summed E-state index contributed by atoms with van der Waals surface area (Å²) in [6, 6.07) is 0.417. The molecule has 0 rings (SSSR count). The topological polar surface area (TPSA) is 29.1 Å². The molecule has 20 heavy (non-hydrogen) atoms. The lowest BCUT2D eigenvalue weighted by Gasteiger charge is -2.17. The molecule has 0 aromatic rings. The molecule has 0 radical (unpaired) electrons. The van der Waals surface area contributed by atoms with Crippen molar-refractivity contribution >= 4 is 5.91 Å². The van der Waals surface area contributed by atoms with Crippen LogP contribution in [0.4, 0.5) is 0 Å². The van der Waals surface area contributed by atoms with Gasteiger partial charge in [0.15, 0.2) is 0 Å². The summed E-state index contributed by atoms with van der Waals surface area (Å²) in [6.45, 7) is 6.15. The monoisotopic (exact) mass is 283 g/mol. The molecule has 120 valence electrons. The van der Waals surface area contributed by atoms with Crippen LogP contribution in [0.1, 0.15) is 104 Å². The molecule has 1 N–H and O–H groups in total. The Bertz CT molecular complexity index is 215. The van der Waals surface area contributed by atoms with Gasteiger partial charge >= 0.3 is 0 Å². The Morgan fingerprint density at radius 1 is 0.750 bits per heavy atom. The fraction of sp³-hybridized carbons (Fsp3) is 0.944. The maximum atomic E-state index is 11.3. The lowest BCUT2D eigenvalue weighted by molar-refractivity contribution is -0.119. The van der Waals surface area contributed by atoms with Crippen LogP contribution in [0, 0.1) is 0 Å². The Labute approximate surface area is 127 Å². The van der Waals surface area contributed by atoms with E-state index in [1.807, 2.05) is 0 Å². The molecule has 0 bridgehead atoms. The number of hydrogen-bond donors (Lipinski definition) is 1. The third kappa shape index (κ3) is 13.9. The summed E-state index contributed by atoms with van der Waals surface area (Å²) in [5, 5.41) is 3.13. The fourth-order valence-corrected chi connectivity index (χ4v) is 2.74. The SMILES string of the molecule is CCCCCCCCC(CCCCCCC)NC(C)=O. The number of rotatable bonds is 14. The van der Waals surface area contributed by atoms with E-state index in [0.29, 0.717) is 6.04 Å². The van der Waals surface area contributed by atoms with Crippen LogP contribution in [0.25, 0.3) is 0 Å². The molecule has 0 aliphatic rings. The van der Waals surface area contributed by atoms with Crippen LogP contribution < -0.4 is 5.32 Å². The molecule has 0 aliphatic carbocycles. The Hall–Kier alpha value is -0.530. The molecule has 0 saturated carbocycles. The number of carbonyl (C=O) groups excluding carboxylic acids is 1. The molecule has 2 nitrogen and oxygen atoms in total. The van der Waals surface area contributed by atoms with E-state index in [4.69, 9.17) is 0 Å². The quantitative estimate of drug-likeness (QED) is 0.413. The summed E-state index contributed by atoms with van der Waals surface area (Å²) < 4.78 is 0. The standard InChI is InChI=1S/C18H37NO/c1-4-6-8-10-12-14-16-18(19-17(3)20)15-13-11-9-7-5-2/h18H,4-16H2,1-3H3,(H,19,20). The van der Waals surface area contributed by atoms with E-state index in [1.54, 1.807) is 6.92 Å². The zero-order valence-corrected chi connectivity index (χ0v) is 14.2. The van der Waals surface area contributed by atoms with Gasteiger partial charge in [-0.3, -0.25) is 4.79 Å². The Balaban J connectivity index is 3.65. The number of nitrogens with one attached hydrogen (secondary N) is 1. The molecule has 0 heterocycles. The lowest BCUT2D eigenvalue weighted by atomic mass is 10.00. The van der Waals surface area contributed by atoms with Crippen LogP contribution in [-0.2, 0) is 4.79 Å². The first-order valence-electron chi connectivity index (χ1n) is 8.97. The molecular formula is C18H37NO. The van der Waals surface area contributed by atoms with E-state index in [-0.39, 0.29) is 5.91 Å². The van der Waals surface area contributed by atoms with E-state index in [1.165, 1.54) is 77.0 Å². The van der Waals surface area contributed by atoms with Gasteiger partial charge in [-0.25, -0.2) is 0 Å². The van der Waals surface area contributed by atoms with Gasteiger partial charge in [-0.2, -0.15) is 0 Å². The summed E-state index contributed by atoms with van der Waals surface area (Å²) in [4.78, 5) is 11.3. The predicted molar refractivity (Wildman–Crippen MR) is 89.0 cm³/mol. The zero-order chi connectivity index (χ0) is 15.1. The summed E-state index contributed by atoms with van der Waals surface area (Å²) >= 11 is 0. The Morgan fingerprint density at radius 3 is 1.55 bits per heavy atom. The van der Waals surface area contributed by atoms with Gasteiger partial charge in [0.1, 0.15) is 0 Å². The number of carbonyl (C=O) groups is 1. The highest BCUT2D eigenvalue weighted by Gasteiger charge is 2.09. The number of amides is 1. The Morgan fingerprint density at radius 2 is 1.15 bits per heavy atom. The molecule has 0 aromatic heterocycles. The highest BCUT2D eigenvalue weighted by Crippen LogP contribution is 2.13. The predicted octanol–water partition coefficient (Wildman–Crippen LogP) is 5.60. The Kier molecular flexibility index (Phi) is 14.5. The first-order valence-corrected chi connectivity index (χ1v) is 8.97. The van der Waals surface area contributed by atoms with Gasteiger partial charge in [-0.1, -0.05) is 84.5 Å². The molecule has 0 aromatic carbocycles. The zero-order valence-electron chi connectivity index (χ0n) is 14.2. The van der Waals surface area contributed by atoms with Gasteiger partial charge in [-0.05, 0) is 12.8 Å².